The Kier molecular flexibility index (Phi) is 3.66. The Morgan fingerprint density at radius 1 is 1.46 bits per heavy atom. The third-order valence-corrected chi connectivity index (χ3v) is 4.33. The monoisotopic (exact) mass is 204 g/mol. The van der Waals surface area contributed by atoms with Crippen molar-refractivity contribution in [3.63, 3.8) is 0 Å². The van der Waals surface area contributed by atoms with E-state index in [0.717, 1.165) is 17.9 Å². The second-order valence-electron chi connectivity index (χ2n) is 4.58. The third kappa shape index (κ3) is 2.86. The van der Waals surface area contributed by atoms with Crippen LogP contribution in [0.3, 0.4) is 0 Å². The summed E-state index contributed by atoms with van der Waals surface area (Å²) in [6, 6.07) is 0. The van der Waals surface area contributed by atoms with Crippen LogP contribution in [0.2, 0.25) is 0 Å². The largest absolute Gasteiger partial charge is 0.392 e. The summed E-state index contributed by atoms with van der Waals surface area (Å²) in [6.45, 7) is 5.91. The van der Waals surface area contributed by atoms with Crippen LogP contribution in [-0.4, -0.2) is 33.4 Å². The summed E-state index contributed by atoms with van der Waals surface area (Å²) in [5, 5.41) is 19.7. The van der Waals surface area contributed by atoms with Gasteiger partial charge in [0.05, 0.1) is 11.7 Å². The molecule has 2 nitrogen and oxygen atoms in total. The summed E-state index contributed by atoms with van der Waals surface area (Å²) in [5.41, 5.74) is -0.628. The molecule has 0 aromatic carbocycles. The molecule has 13 heavy (non-hydrogen) atoms. The maximum Gasteiger partial charge on any atom is 0.0667 e. The lowest BCUT2D eigenvalue weighted by molar-refractivity contribution is -0.0216. The average molecular weight is 204 g/mol. The predicted molar refractivity (Wildman–Crippen MR) is 56.9 cm³/mol. The lowest BCUT2D eigenvalue weighted by atomic mass is 9.82. The minimum Gasteiger partial charge on any atom is -0.392 e. The van der Waals surface area contributed by atoms with E-state index in [1.165, 1.54) is 0 Å². The number of hydrogen-bond acceptors (Lipinski definition) is 3. The Labute approximate surface area is 84.7 Å². The smallest absolute Gasteiger partial charge is 0.0667 e. The fourth-order valence-electron chi connectivity index (χ4n) is 1.55. The van der Waals surface area contributed by atoms with Crippen molar-refractivity contribution in [3.8, 4) is 0 Å². The van der Waals surface area contributed by atoms with Crippen LogP contribution in [-0.2, 0) is 0 Å². The van der Waals surface area contributed by atoms with Gasteiger partial charge in [0.25, 0.3) is 0 Å². The zero-order chi connectivity index (χ0) is 10.1. The predicted octanol–water partition coefficient (Wildman–Crippen LogP) is 1.51. The first-order chi connectivity index (χ1) is 5.93. The molecule has 1 heterocycles. The molecule has 0 aliphatic carbocycles. The first-order valence-corrected chi connectivity index (χ1v) is 6.07. The molecule has 0 spiro atoms. The standard InChI is InChI=1S/C10H20O2S/c1-7(2)10(3,12)4-8-5-13-6-9(8)11/h7-9,11-12H,4-6H2,1-3H3. The lowest BCUT2D eigenvalue weighted by Gasteiger charge is -2.31. The first kappa shape index (κ1) is 11.3. The van der Waals surface area contributed by atoms with Crippen LogP contribution in [0.4, 0.5) is 0 Å². The van der Waals surface area contributed by atoms with E-state index in [4.69, 9.17) is 0 Å². The highest BCUT2D eigenvalue weighted by molar-refractivity contribution is 7.99. The van der Waals surface area contributed by atoms with Gasteiger partial charge < -0.3 is 10.2 Å². The molecule has 0 aromatic rings. The van der Waals surface area contributed by atoms with Crippen molar-refractivity contribution in [3.05, 3.63) is 0 Å². The SMILES string of the molecule is CC(C)C(C)(O)CC1CSCC1O. The molecular formula is C10H20O2S. The molecule has 0 bridgehead atoms. The van der Waals surface area contributed by atoms with Crippen LogP contribution in [0, 0.1) is 11.8 Å². The summed E-state index contributed by atoms with van der Waals surface area (Å²) in [7, 11) is 0. The minimum atomic E-state index is -0.628. The van der Waals surface area contributed by atoms with Crippen molar-refractivity contribution in [1.82, 2.24) is 0 Å². The molecule has 0 amide bonds. The number of hydrogen-bond donors (Lipinski definition) is 2. The topological polar surface area (TPSA) is 40.5 Å². The van der Waals surface area contributed by atoms with Crippen LogP contribution in [0.1, 0.15) is 27.2 Å². The lowest BCUT2D eigenvalue weighted by Crippen LogP contribution is -2.36. The second-order valence-corrected chi connectivity index (χ2v) is 5.66. The number of rotatable bonds is 3. The zero-order valence-corrected chi connectivity index (χ0v) is 9.47. The molecule has 1 saturated heterocycles. The van der Waals surface area contributed by atoms with Gasteiger partial charge in [-0.25, -0.2) is 0 Å². The summed E-state index contributed by atoms with van der Waals surface area (Å²) in [5.74, 6) is 2.36. The van der Waals surface area contributed by atoms with Gasteiger partial charge in [-0.3, -0.25) is 0 Å². The third-order valence-electron chi connectivity index (χ3n) is 3.08. The van der Waals surface area contributed by atoms with E-state index < -0.39 is 5.60 Å². The quantitative estimate of drug-likeness (QED) is 0.732. The Morgan fingerprint density at radius 3 is 2.46 bits per heavy atom. The molecule has 1 rings (SSSR count). The van der Waals surface area contributed by atoms with Gasteiger partial charge in [-0.1, -0.05) is 13.8 Å². The molecule has 0 aromatic heterocycles. The number of thioether (sulfide) groups is 1. The Bertz CT molecular complexity index is 168. The van der Waals surface area contributed by atoms with Crippen LogP contribution in [0.5, 0.6) is 0 Å². The maximum atomic E-state index is 10.0. The van der Waals surface area contributed by atoms with Crippen LogP contribution >= 0.6 is 11.8 Å². The van der Waals surface area contributed by atoms with Crippen molar-refractivity contribution >= 4 is 11.8 Å². The fourth-order valence-corrected chi connectivity index (χ4v) is 2.84. The molecule has 1 aliphatic heterocycles. The van der Waals surface area contributed by atoms with Crippen LogP contribution < -0.4 is 0 Å². The normalized spacial score (nSPS) is 33.7. The summed E-state index contributed by atoms with van der Waals surface area (Å²) >= 11 is 1.78. The van der Waals surface area contributed by atoms with E-state index in [9.17, 15) is 10.2 Å². The molecule has 3 atom stereocenters. The maximum absolute atomic E-state index is 10.0. The molecule has 2 N–H and O–H groups in total. The van der Waals surface area contributed by atoms with Crippen molar-refractivity contribution in [2.75, 3.05) is 11.5 Å². The van der Waals surface area contributed by atoms with Crippen molar-refractivity contribution < 1.29 is 10.2 Å². The molecule has 0 radical (unpaired) electrons. The van der Waals surface area contributed by atoms with E-state index >= 15 is 0 Å². The van der Waals surface area contributed by atoms with E-state index in [0.29, 0.717) is 0 Å². The van der Waals surface area contributed by atoms with E-state index in [2.05, 4.69) is 0 Å². The van der Waals surface area contributed by atoms with Gasteiger partial charge in [0.2, 0.25) is 0 Å². The summed E-state index contributed by atoms with van der Waals surface area (Å²) < 4.78 is 0. The van der Waals surface area contributed by atoms with Crippen LogP contribution in [0.15, 0.2) is 0 Å². The Morgan fingerprint density at radius 2 is 2.08 bits per heavy atom. The first-order valence-electron chi connectivity index (χ1n) is 4.91. The molecule has 78 valence electrons. The average Bonchev–Trinajstić information content (AvgIpc) is 2.35. The van der Waals surface area contributed by atoms with Gasteiger partial charge in [-0.05, 0) is 30.9 Å². The Hall–Kier alpha value is 0.270. The van der Waals surface area contributed by atoms with Gasteiger partial charge in [-0.15, -0.1) is 0 Å². The minimum absolute atomic E-state index is 0.213. The van der Waals surface area contributed by atoms with Crippen LogP contribution in [0.25, 0.3) is 0 Å². The zero-order valence-electron chi connectivity index (χ0n) is 8.66. The van der Waals surface area contributed by atoms with Crippen molar-refractivity contribution in [2.45, 2.75) is 38.9 Å². The van der Waals surface area contributed by atoms with Gasteiger partial charge in [0.15, 0.2) is 0 Å². The van der Waals surface area contributed by atoms with E-state index in [-0.39, 0.29) is 17.9 Å². The molecule has 1 aliphatic rings. The summed E-state index contributed by atoms with van der Waals surface area (Å²) in [6.07, 6.45) is 0.508. The highest BCUT2D eigenvalue weighted by atomic mass is 32.2. The molecular weight excluding hydrogens is 184 g/mol. The second kappa shape index (κ2) is 4.20. The highest BCUT2D eigenvalue weighted by Crippen LogP contribution is 2.33. The van der Waals surface area contributed by atoms with Gasteiger partial charge in [0, 0.05) is 5.75 Å². The molecule has 0 saturated carbocycles. The van der Waals surface area contributed by atoms with Crippen molar-refractivity contribution in [1.29, 1.82) is 0 Å². The summed E-state index contributed by atoms with van der Waals surface area (Å²) in [4.78, 5) is 0. The fraction of sp³-hybridized carbons (Fsp3) is 1.00. The number of aliphatic hydroxyl groups excluding tert-OH is 1. The molecule has 3 unspecified atom stereocenters. The highest BCUT2D eigenvalue weighted by Gasteiger charge is 2.34. The molecule has 3 heteroatoms. The van der Waals surface area contributed by atoms with Gasteiger partial charge in [-0.2, -0.15) is 11.8 Å². The van der Waals surface area contributed by atoms with E-state index in [1.807, 2.05) is 20.8 Å². The Balaban J connectivity index is 2.47. The van der Waals surface area contributed by atoms with Gasteiger partial charge in [0.1, 0.15) is 0 Å². The molecule has 1 fully saturated rings. The van der Waals surface area contributed by atoms with Gasteiger partial charge >= 0.3 is 0 Å². The van der Waals surface area contributed by atoms with E-state index in [1.54, 1.807) is 11.8 Å². The number of aliphatic hydroxyl groups is 2. The van der Waals surface area contributed by atoms with Crippen molar-refractivity contribution in [2.24, 2.45) is 11.8 Å².